The van der Waals surface area contributed by atoms with Gasteiger partial charge in [-0.05, 0) is 80.8 Å². The standard InChI is InChI=1S/C37H44N2O3/c1-4-29-34-31(24-39(29)23-25-11-7-5-8-12-25)42-36(2)32-21-27-17-18-30(40-3)35(41-28-13-9-6-10-14-28)33(27)37(34,36)19-20-38(32)22-26-15-16-26/h5-14,17-18,26,29,31-32,34H,4,15-16,19-24H2,1-3H3/t29?,31-,32?,34?,36?,37?/m0/s1. The van der Waals surface area contributed by atoms with Gasteiger partial charge in [-0.2, -0.15) is 0 Å². The minimum Gasteiger partial charge on any atom is -0.493 e. The van der Waals surface area contributed by atoms with Gasteiger partial charge < -0.3 is 14.2 Å². The van der Waals surface area contributed by atoms with Crippen LogP contribution in [0.2, 0.25) is 0 Å². The summed E-state index contributed by atoms with van der Waals surface area (Å²) in [7, 11) is 1.78. The molecule has 220 valence electrons. The first-order valence-corrected chi connectivity index (χ1v) is 16.2. The zero-order valence-corrected chi connectivity index (χ0v) is 25.3. The summed E-state index contributed by atoms with van der Waals surface area (Å²) in [6, 6.07) is 26.5. The van der Waals surface area contributed by atoms with Gasteiger partial charge in [0.05, 0.1) is 18.8 Å². The minimum absolute atomic E-state index is 0.152. The van der Waals surface area contributed by atoms with Crippen molar-refractivity contribution in [2.75, 3.05) is 26.7 Å². The molecule has 3 aliphatic heterocycles. The van der Waals surface area contributed by atoms with Crippen LogP contribution in [-0.4, -0.2) is 60.3 Å². The number of para-hydroxylation sites is 1. The number of benzene rings is 3. The topological polar surface area (TPSA) is 34.2 Å². The van der Waals surface area contributed by atoms with E-state index in [1.165, 1.54) is 36.1 Å². The highest BCUT2D eigenvalue weighted by atomic mass is 16.5. The molecule has 6 atom stereocenters. The average Bonchev–Trinajstić information content (AvgIpc) is 3.70. The Balaban J connectivity index is 1.29. The molecular weight excluding hydrogens is 520 g/mol. The largest absolute Gasteiger partial charge is 0.493 e. The third kappa shape index (κ3) is 3.93. The van der Waals surface area contributed by atoms with Crippen molar-refractivity contribution in [2.24, 2.45) is 11.8 Å². The van der Waals surface area contributed by atoms with Crippen LogP contribution in [0.3, 0.4) is 0 Å². The predicted molar refractivity (Wildman–Crippen MR) is 165 cm³/mol. The van der Waals surface area contributed by atoms with E-state index in [1.54, 1.807) is 7.11 Å². The average molecular weight is 565 g/mol. The fourth-order valence-electron chi connectivity index (χ4n) is 9.64. The Bertz CT molecular complexity index is 1440. The number of hydrogen-bond donors (Lipinski definition) is 0. The van der Waals surface area contributed by atoms with Gasteiger partial charge in [-0.25, -0.2) is 0 Å². The summed E-state index contributed by atoms with van der Waals surface area (Å²) in [4.78, 5) is 5.53. The van der Waals surface area contributed by atoms with Crippen molar-refractivity contribution in [1.29, 1.82) is 0 Å². The highest BCUT2D eigenvalue weighted by Crippen LogP contribution is 2.68. The van der Waals surface area contributed by atoms with Gasteiger partial charge in [0.1, 0.15) is 5.75 Å². The SMILES string of the molecule is CCC1C2[C@H](CN1Cc1ccccc1)OC1(C)C3Cc4ccc(OC)c(Oc5ccccc5)c4C21CCN3CC1CC1. The van der Waals surface area contributed by atoms with Gasteiger partial charge in [0, 0.05) is 48.6 Å². The van der Waals surface area contributed by atoms with Gasteiger partial charge >= 0.3 is 0 Å². The molecule has 5 aliphatic rings. The lowest BCUT2D eigenvalue weighted by atomic mass is 9.50. The van der Waals surface area contributed by atoms with Crippen molar-refractivity contribution in [3.8, 4) is 17.2 Å². The molecule has 2 aliphatic carbocycles. The summed E-state index contributed by atoms with van der Waals surface area (Å²) in [5, 5.41) is 0. The van der Waals surface area contributed by atoms with Crippen LogP contribution in [0.4, 0.5) is 0 Å². The van der Waals surface area contributed by atoms with E-state index in [4.69, 9.17) is 14.2 Å². The molecule has 0 N–H and O–H groups in total. The van der Waals surface area contributed by atoms with Crippen LogP contribution in [0.25, 0.3) is 0 Å². The summed E-state index contributed by atoms with van der Waals surface area (Å²) in [6.07, 6.45) is 6.17. The normalized spacial score (nSPS) is 33.6. The lowest BCUT2D eigenvalue weighted by Crippen LogP contribution is -2.71. The molecule has 0 radical (unpaired) electrons. The van der Waals surface area contributed by atoms with Gasteiger partial charge in [0.25, 0.3) is 0 Å². The molecule has 2 bridgehead atoms. The number of likely N-dealkylation sites (tertiary alicyclic amines) is 2. The molecule has 1 saturated carbocycles. The van der Waals surface area contributed by atoms with E-state index in [1.807, 2.05) is 18.2 Å². The van der Waals surface area contributed by atoms with Crippen LogP contribution in [-0.2, 0) is 23.1 Å². The number of rotatable bonds is 8. The number of methoxy groups -OCH3 is 1. The van der Waals surface area contributed by atoms with E-state index < -0.39 is 0 Å². The molecule has 5 nitrogen and oxygen atoms in total. The van der Waals surface area contributed by atoms with Crippen molar-refractivity contribution >= 4 is 0 Å². The second kappa shape index (κ2) is 10.1. The van der Waals surface area contributed by atoms with Crippen molar-refractivity contribution in [3.63, 3.8) is 0 Å². The molecule has 4 fully saturated rings. The summed E-state index contributed by atoms with van der Waals surface area (Å²) >= 11 is 0. The molecule has 42 heavy (non-hydrogen) atoms. The molecule has 0 amide bonds. The predicted octanol–water partition coefficient (Wildman–Crippen LogP) is 6.83. The van der Waals surface area contributed by atoms with Crippen molar-refractivity contribution in [1.82, 2.24) is 9.80 Å². The molecular formula is C37H44N2O3. The fraction of sp³-hybridized carbons (Fsp3) is 0.514. The highest BCUT2D eigenvalue weighted by Gasteiger charge is 2.74. The van der Waals surface area contributed by atoms with Crippen LogP contribution < -0.4 is 9.47 Å². The third-order valence-electron chi connectivity index (χ3n) is 11.5. The molecule has 3 aromatic carbocycles. The zero-order chi connectivity index (χ0) is 28.5. The number of hydrogen-bond acceptors (Lipinski definition) is 5. The van der Waals surface area contributed by atoms with Crippen LogP contribution in [0.5, 0.6) is 17.2 Å². The van der Waals surface area contributed by atoms with Crippen molar-refractivity contribution in [2.45, 2.75) is 81.7 Å². The molecule has 0 spiro atoms. The minimum atomic E-state index is -0.282. The number of piperidine rings is 1. The van der Waals surface area contributed by atoms with Crippen LogP contribution in [0.15, 0.2) is 72.8 Å². The molecule has 5 unspecified atom stereocenters. The Morgan fingerprint density at radius 2 is 1.71 bits per heavy atom. The Morgan fingerprint density at radius 3 is 2.43 bits per heavy atom. The molecule has 8 rings (SSSR count). The maximum Gasteiger partial charge on any atom is 0.173 e. The van der Waals surface area contributed by atoms with Gasteiger partial charge in [-0.15, -0.1) is 0 Å². The molecule has 5 heteroatoms. The first-order chi connectivity index (χ1) is 20.6. The Morgan fingerprint density at radius 1 is 0.952 bits per heavy atom. The van der Waals surface area contributed by atoms with Crippen LogP contribution >= 0.6 is 0 Å². The van der Waals surface area contributed by atoms with E-state index in [-0.39, 0.29) is 17.1 Å². The summed E-state index contributed by atoms with van der Waals surface area (Å²) < 4.78 is 20.5. The molecule has 3 saturated heterocycles. The quantitative estimate of drug-likeness (QED) is 0.300. The second-order valence-electron chi connectivity index (χ2n) is 13.6. The molecule has 3 heterocycles. The Labute approximate surface area is 250 Å². The summed E-state index contributed by atoms with van der Waals surface area (Å²) in [5.41, 5.74) is 3.73. The Kier molecular flexibility index (Phi) is 6.44. The van der Waals surface area contributed by atoms with Crippen LogP contribution in [0, 0.1) is 11.8 Å². The third-order valence-corrected chi connectivity index (χ3v) is 11.5. The smallest absolute Gasteiger partial charge is 0.173 e. The Hall–Kier alpha value is -2.86. The fourth-order valence-corrected chi connectivity index (χ4v) is 9.64. The first kappa shape index (κ1) is 26.7. The van der Waals surface area contributed by atoms with Gasteiger partial charge in [0.15, 0.2) is 11.5 Å². The lowest BCUT2D eigenvalue weighted by molar-refractivity contribution is -0.145. The van der Waals surface area contributed by atoms with E-state index in [2.05, 4.69) is 78.2 Å². The van der Waals surface area contributed by atoms with Crippen molar-refractivity contribution < 1.29 is 14.2 Å². The first-order valence-electron chi connectivity index (χ1n) is 16.2. The lowest BCUT2D eigenvalue weighted by Gasteiger charge is -2.61. The molecule has 0 aromatic heterocycles. The van der Waals surface area contributed by atoms with Gasteiger partial charge in [-0.1, -0.05) is 61.5 Å². The highest BCUT2D eigenvalue weighted by molar-refractivity contribution is 5.61. The summed E-state index contributed by atoms with van der Waals surface area (Å²) in [6.45, 7) is 9.15. The van der Waals surface area contributed by atoms with E-state index >= 15 is 0 Å². The van der Waals surface area contributed by atoms with Crippen molar-refractivity contribution in [3.05, 3.63) is 89.5 Å². The van der Waals surface area contributed by atoms with Gasteiger partial charge in [0.2, 0.25) is 0 Å². The molecule has 3 aromatic rings. The maximum absolute atomic E-state index is 7.52. The number of fused-ring (bicyclic) bond motifs is 2. The summed E-state index contributed by atoms with van der Waals surface area (Å²) in [5.74, 6) is 3.84. The van der Waals surface area contributed by atoms with Gasteiger partial charge in [-0.3, -0.25) is 9.80 Å². The van der Waals surface area contributed by atoms with E-state index in [9.17, 15) is 0 Å². The van der Waals surface area contributed by atoms with E-state index in [0.29, 0.717) is 18.0 Å². The maximum atomic E-state index is 7.52. The van der Waals surface area contributed by atoms with E-state index in [0.717, 1.165) is 62.1 Å². The zero-order valence-electron chi connectivity index (χ0n) is 25.3. The number of nitrogens with zero attached hydrogens (tertiary/aromatic N) is 2. The monoisotopic (exact) mass is 564 g/mol. The van der Waals surface area contributed by atoms with Crippen LogP contribution in [0.1, 0.15) is 56.2 Å². The second-order valence-corrected chi connectivity index (χ2v) is 13.6. The number of ether oxygens (including phenoxy) is 3.